The number of allylic oxidation sites excluding steroid dienone is 1. The van der Waals surface area contributed by atoms with Crippen molar-refractivity contribution in [3.05, 3.63) is 104 Å². The van der Waals surface area contributed by atoms with E-state index in [-0.39, 0.29) is 14.8 Å². The van der Waals surface area contributed by atoms with Gasteiger partial charge in [-0.05, 0) is 49.2 Å². The van der Waals surface area contributed by atoms with Gasteiger partial charge in [-0.2, -0.15) is 5.26 Å². The fourth-order valence-electron chi connectivity index (χ4n) is 2.92. The van der Waals surface area contributed by atoms with E-state index >= 15 is 0 Å². The number of halogens is 1. The highest BCUT2D eigenvalue weighted by Crippen LogP contribution is 2.33. The molecule has 1 N–H and O–H groups in total. The van der Waals surface area contributed by atoms with Crippen LogP contribution in [0.1, 0.15) is 16.7 Å². The van der Waals surface area contributed by atoms with E-state index in [1.807, 2.05) is 50.2 Å². The summed E-state index contributed by atoms with van der Waals surface area (Å²) in [7, 11) is -4.00. The Balaban J connectivity index is 2.08. The molecule has 0 amide bonds. The first-order chi connectivity index (χ1) is 14.8. The van der Waals surface area contributed by atoms with E-state index in [0.717, 1.165) is 16.7 Å². The predicted molar refractivity (Wildman–Crippen MR) is 129 cm³/mol. The van der Waals surface area contributed by atoms with Gasteiger partial charge in [-0.15, -0.1) is 11.8 Å². The zero-order valence-electron chi connectivity index (χ0n) is 17.1. The van der Waals surface area contributed by atoms with E-state index in [0.29, 0.717) is 16.5 Å². The normalized spacial score (nSPS) is 12.1. The van der Waals surface area contributed by atoms with Crippen LogP contribution in [0.3, 0.4) is 0 Å². The lowest BCUT2D eigenvalue weighted by Crippen LogP contribution is -2.10. The number of thioether (sulfide) groups is 1. The van der Waals surface area contributed by atoms with Crippen LogP contribution in [-0.2, 0) is 15.6 Å². The Kier molecular flexibility index (Phi) is 7.45. The minimum absolute atomic E-state index is 0.0739. The second kappa shape index (κ2) is 10.1. The van der Waals surface area contributed by atoms with Gasteiger partial charge in [-0.3, -0.25) is 0 Å². The molecule has 0 bridgehead atoms. The summed E-state index contributed by atoms with van der Waals surface area (Å²) >= 11 is 7.41. The van der Waals surface area contributed by atoms with Crippen LogP contribution in [0.2, 0.25) is 5.02 Å². The van der Waals surface area contributed by atoms with Crippen molar-refractivity contribution >= 4 is 38.9 Å². The number of nitrogens with zero attached hydrogens (tertiary/aromatic N) is 1. The van der Waals surface area contributed by atoms with Gasteiger partial charge in [0, 0.05) is 16.5 Å². The molecule has 0 saturated heterocycles. The van der Waals surface area contributed by atoms with Gasteiger partial charge in [0.25, 0.3) is 0 Å². The van der Waals surface area contributed by atoms with Crippen molar-refractivity contribution in [2.24, 2.45) is 0 Å². The molecule has 3 aromatic carbocycles. The van der Waals surface area contributed by atoms with Crippen LogP contribution in [0.4, 0.5) is 5.69 Å². The number of nitriles is 1. The summed E-state index contributed by atoms with van der Waals surface area (Å²) < 4.78 is 26.5. The molecule has 0 aliphatic rings. The first-order valence-corrected chi connectivity index (χ1v) is 12.3. The van der Waals surface area contributed by atoms with Crippen molar-refractivity contribution in [1.29, 1.82) is 5.26 Å². The maximum Gasteiger partial charge on any atom is 0.219 e. The Morgan fingerprint density at radius 3 is 2.45 bits per heavy atom. The highest BCUT2D eigenvalue weighted by Gasteiger charge is 2.25. The van der Waals surface area contributed by atoms with E-state index < -0.39 is 9.84 Å². The lowest BCUT2D eigenvalue weighted by atomic mass is 10.2. The molecule has 4 nitrogen and oxygen atoms in total. The molecule has 7 heteroatoms. The molecule has 158 valence electrons. The molecule has 3 aromatic rings. The van der Waals surface area contributed by atoms with Gasteiger partial charge in [-0.25, -0.2) is 8.42 Å². The van der Waals surface area contributed by atoms with Crippen molar-refractivity contribution in [2.45, 2.75) is 24.5 Å². The summed E-state index contributed by atoms with van der Waals surface area (Å²) in [5, 5.41) is 13.8. The van der Waals surface area contributed by atoms with Gasteiger partial charge in [0.1, 0.15) is 11.1 Å². The van der Waals surface area contributed by atoms with Crippen LogP contribution in [0.25, 0.3) is 0 Å². The Morgan fingerprint density at radius 1 is 1.03 bits per heavy atom. The van der Waals surface area contributed by atoms with Gasteiger partial charge in [0.15, 0.2) is 4.91 Å². The summed E-state index contributed by atoms with van der Waals surface area (Å²) in [6.07, 6.45) is 0. The second-order valence-electron chi connectivity index (χ2n) is 6.95. The minimum atomic E-state index is -4.00. The fraction of sp³-hybridized carbons (Fsp3) is 0.125. The molecular formula is C24H21ClN2O2S2. The number of anilines is 1. The summed E-state index contributed by atoms with van der Waals surface area (Å²) in [6, 6.07) is 23.2. The monoisotopic (exact) mass is 468 g/mol. The lowest BCUT2D eigenvalue weighted by Gasteiger charge is -2.16. The summed E-state index contributed by atoms with van der Waals surface area (Å²) in [5.74, 6) is 0.499. The maximum atomic E-state index is 13.3. The van der Waals surface area contributed by atoms with E-state index in [9.17, 15) is 13.7 Å². The highest BCUT2D eigenvalue weighted by molar-refractivity contribution is 8.04. The van der Waals surface area contributed by atoms with Crippen LogP contribution >= 0.6 is 23.4 Å². The average molecular weight is 469 g/mol. The number of hydrogen-bond donors (Lipinski definition) is 1. The van der Waals surface area contributed by atoms with Gasteiger partial charge in [0.05, 0.1) is 4.90 Å². The minimum Gasteiger partial charge on any atom is -0.348 e. The zero-order chi connectivity index (χ0) is 22.4. The molecule has 0 unspecified atom stereocenters. The SMILES string of the molecule is Cc1cccc(CSC(Nc2cc(Cl)ccc2C)=C(C#N)S(=O)(=O)c2ccccc2)c1. The van der Waals surface area contributed by atoms with Crippen molar-refractivity contribution in [1.82, 2.24) is 0 Å². The largest absolute Gasteiger partial charge is 0.348 e. The third-order valence-electron chi connectivity index (χ3n) is 4.54. The number of aryl methyl sites for hydroxylation is 2. The Bertz CT molecular complexity index is 1260. The molecule has 31 heavy (non-hydrogen) atoms. The standard InChI is InChI=1S/C24H21ClN2O2S2/c1-17-7-6-8-19(13-17)16-30-24(27-22-14-20(25)12-11-18(22)2)23(15-26)31(28,29)21-9-4-3-5-10-21/h3-14,27H,16H2,1-2H3. The Labute approximate surface area is 192 Å². The van der Waals surface area contributed by atoms with Gasteiger partial charge < -0.3 is 5.32 Å². The lowest BCUT2D eigenvalue weighted by molar-refractivity contribution is 0.603. The number of nitrogens with one attached hydrogen (secondary N) is 1. The van der Waals surface area contributed by atoms with Gasteiger partial charge in [-0.1, -0.05) is 65.7 Å². The van der Waals surface area contributed by atoms with E-state index in [1.54, 1.807) is 30.3 Å². The molecule has 0 aliphatic carbocycles. The fourth-order valence-corrected chi connectivity index (χ4v) is 5.61. The molecule has 0 saturated carbocycles. The molecule has 0 aliphatic heterocycles. The van der Waals surface area contributed by atoms with Crippen LogP contribution in [0.5, 0.6) is 0 Å². The number of sulfone groups is 1. The summed E-state index contributed by atoms with van der Waals surface area (Å²) in [6.45, 7) is 3.89. The third-order valence-corrected chi connectivity index (χ3v) is 7.71. The van der Waals surface area contributed by atoms with Crippen LogP contribution < -0.4 is 5.32 Å². The van der Waals surface area contributed by atoms with E-state index in [1.165, 1.54) is 23.9 Å². The van der Waals surface area contributed by atoms with Crippen molar-refractivity contribution in [3.8, 4) is 6.07 Å². The predicted octanol–water partition coefficient (Wildman–Crippen LogP) is 6.47. The second-order valence-corrected chi connectivity index (χ2v) is 10.3. The highest BCUT2D eigenvalue weighted by atomic mass is 35.5. The van der Waals surface area contributed by atoms with Crippen LogP contribution in [0, 0.1) is 25.2 Å². The first kappa shape index (κ1) is 23.0. The topological polar surface area (TPSA) is 70.0 Å². The van der Waals surface area contributed by atoms with Crippen molar-refractivity contribution in [3.63, 3.8) is 0 Å². The molecule has 0 spiro atoms. The van der Waals surface area contributed by atoms with Crippen molar-refractivity contribution < 1.29 is 8.42 Å². The first-order valence-electron chi connectivity index (χ1n) is 9.47. The molecular weight excluding hydrogens is 448 g/mol. The molecule has 0 atom stereocenters. The molecule has 0 aromatic heterocycles. The Morgan fingerprint density at radius 2 is 1.77 bits per heavy atom. The molecule has 0 radical (unpaired) electrons. The maximum absolute atomic E-state index is 13.3. The van der Waals surface area contributed by atoms with Crippen LogP contribution in [0.15, 0.2) is 87.6 Å². The number of benzene rings is 3. The van der Waals surface area contributed by atoms with E-state index in [2.05, 4.69) is 5.32 Å². The Hall–Kier alpha value is -2.72. The third kappa shape index (κ3) is 5.71. The van der Waals surface area contributed by atoms with Crippen LogP contribution in [-0.4, -0.2) is 8.42 Å². The molecule has 0 heterocycles. The molecule has 0 fully saturated rings. The van der Waals surface area contributed by atoms with Gasteiger partial charge >= 0.3 is 0 Å². The smallest absolute Gasteiger partial charge is 0.219 e. The zero-order valence-corrected chi connectivity index (χ0v) is 19.5. The van der Waals surface area contributed by atoms with Crippen molar-refractivity contribution in [2.75, 3.05) is 5.32 Å². The average Bonchev–Trinajstić information content (AvgIpc) is 2.75. The number of rotatable bonds is 7. The summed E-state index contributed by atoms with van der Waals surface area (Å²) in [4.78, 5) is -0.249. The summed E-state index contributed by atoms with van der Waals surface area (Å²) in [5.41, 5.74) is 3.67. The molecule has 3 rings (SSSR count). The van der Waals surface area contributed by atoms with E-state index in [4.69, 9.17) is 11.6 Å². The van der Waals surface area contributed by atoms with Gasteiger partial charge in [0.2, 0.25) is 9.84 Å². The number of hydrogen-bond acceptors (Lipinski definition) is 5. The quantitative estimate of drug-likeness (QED) is 0.402.